The third-order valence-electron chi connectivity index (χ3n) is 5.39. The first-order valence-electron chi connectivity index (χ1n) is 9.54. The predicted molar refractivity (Wildman–Crippen MR) is 110 cm³/mol. The van der Waals surface area contributed by atoms with Crippen LogP contribution in [0.3, 0.4) is 0 Å². The number of anilines is 1. The molecule has 4 rings (SSSR count). The van der Waals surface area contributed by atoms with Gasteiger partial charge < -0.3 is 15.3 Å². The lowest BCUT2D eigenvalue weighted by Gasteiger charge is -2.30. The molecule has 5 heteroatoms. The molecular weight excluding hydrogens is 336 g/mol. The van der Waals surface area contributed by atoms with Crippen LogP contribution in [0, 0.1) is 13.8 Å². The van der Waals surface area contributed by atoms with Crippen LogP contribution in [0.1, 0.15) is 24.0 Å². The molecule has 2 N–H and O–H groups in total. The number of phenols is 1. The summed E-state index contributed by atoms with van der Waals surface area (Å²) in [4.78, 5) is 2.35. The van der Waals surface area contributed by atoms with Gasteiger partial charge in [-0.25, -0.2) is 0 Å². The third-order valence-corrected chi connectivity index (χ3v) is 5.39. The van der Waals surface area contributed by atoms with Crippen LogP contribution in [0.2, 0.25) is 0 Å². The van der Waals surface area contributed by atoms with Gasteiger partial charge in [0.05, 0.1) is 0 Å². The molecular formula is C22H26N4O. The number of piperidine rings is 1. The highest BCUT2D eigenvalue weighted by molar-refractivity contribution is 6.02. The third kappa shape index (κ3) is 3.47. The number of rotatable bonds is 3. The Labute approximate surface area is 160 Å². The van der Waals surface area contributed by atoms with Crippen LogP contribution >= 0.6 is 0 Å². The topological polar surface area (TPSA) is 61.3 Å². The Kier molecular flexibility index (Phi) is 4.70. The molecule has 1 saturated heterocycles. The monoisotopic (exact) mass is 362 g/mol. The quantitative estimate of drug-likeness (QED) is 0.734. The first kappa shape index (κ1) is 17.7. The zero-order valence-corrected chi connectivity index (χ0v) is 16.2. The van der Waals surface area contributed by atoms with Crippen LogP contribution in [0.4, 0.5) is 5.82 Å². The highest BCUT2D eigenvalue weighted by Gasteiger charge is 2.20. The molecule has 0 aliphatic carbocycles. The van der Waals surface area contributed by atoms with Gasteiger partial charge >= 0.3 is 0 Å². The average molecular weight is 362 g/mol. The molecule has 5 nitrogen and oxygen atoms in total. The lowest BCUT2D eigenvalue weighted by molar-refractivity contribution is 0.261. The number of fused-ring (bicyclic) bond motifs is 1. The van der Waals surface area contributed by atoms with Gasteiger partial charge in [-0.05, 0) is 63.5 Å². The van der Waals surface area contributed by atoms with E-state index in [-0.39, 0.29) is 5.75 Å². The lowest BCUT2D eigenvalue weighted by atomic mass is 9.99. The summed E-state index contributed by atoms with van der Waals surface area (Å²) in [7, 11) is 2.16. The largest absolute Gasteiger partial charge is 0.507 e. The van der Waals surface area contributed by atoms with Crippen molar-refractivity contribution in [2.45, 2.75) is 32.7 Å². The summed E-state index contributed by atoms with van der Waals surface area (Å²) in [5.41, 5.74) is 3.61. The lowest BCUT2D eigenvalue weighted by Crippen LogP contribution is -2.40. The van der Waals surface area contributed by atoms with Crippen LogP contribution in [0.5, 0.6) is 5.75 Å². The molecule has 1 aromatic heterocycles. The Morgan fingerprint density at radius 1 is 1.15 bits per heavy atom. The van der Waals surface area contributed by atoms with Gasteiger partial charge in [0.25, 0.3) is 0 Å². The van der Waals surface area contributed by atoms with Crippen LogP contribution in [0.25, 0.3) is 22.0 Å². The van der Waals surface area contributed by atoms with Crippen molar-refractivity contribution in [2.24, 2.45) is 0 Å². The molecule has 2 aromatic carbocycles. The molecule has 27 heavy (non-hydrogen) atoms. The average Bonchev–Trinajstić information content (AvgIpc) is 2.63. The Hall–Kier alpha value is -2.66. The van der Waals surface area contributed by atoms with E-state index in [1.165, 1.54) is 6.42 Å². The summed E-state index contributed by atoms with van der Waals surface area (Å²) in [5, 5.41) is 25.2. The summed E-state index contributed by atoms with van der Waals surface area (Å²) in [5.74, 6) is 1.07. The minimum Gasteiger partial charge on any atom is -0.507 e. The number of aromatic nitrogens is 2. The molecule has 140 valence electrons. The fraction of sp³-hybridized carbons (Fsp3) is 0.364. The van der Waals surface area contributed by atoms with Crippen LogP contribution in [0.15, 0.2) is 36.4 Å². The van der Waals surface area contributed by atoms with Gasteiger partial charge in [-0.3, -0.25) is 0 Å². The number of nitrogens with one attached hydrogen (secondary N) is 1. The Balaban J connectivity index is 1.81. The fourth-order valence-electron chi connectivity index (χ4n) is 4.00. The molecule has 1 fully saturated rings. The molecule has 0 bridgehead atoms. The Morgan fingerprint density at radius 3 is 2.78 bits per heavy atom. The number of nitrogens with zero attached hydrogens (tertiary/aromatic N) is 3. The van der Waals surface area contributed by atoms with Crippen molar-refractivity contribution in [1.82, 2.24) is 15.1 Å². The van der Waals surface area contributed by atoms with Crippen molar-refractivity contribution in [3.05, 3.63) is 47.5 Å². The molecule has 0 amide bonds. The maximum absolute atomic E-state index is 10.4. The van der Waals surface area contributed by atoms with E-state index >= 15 is 0 Å². The van der Waals surface area contributed by atoms with Crippen molar-refractivity contribution in [3.8, 4) is 17.0 Å². The van der Waals surface area contributed by atoms with Gasteiger partial charge in [-0.15, -0.1) is 10.2 Å². The fourth-order valence-corrected chi connectivity index (χ4v) is 4.00. The first-order chi connectivity index (χ1) is 13.0. The summed E-state index contributed by atoms with van der Waals surface area (Å²) in [6, 6.07) is 12.2. The molecule has 3 aromatic rings. The van der Waals surface area contributed by atoms with Gasteiger partial charge in [-0.1, -0.05) is 24.3 Å². The van der Waals surface area contributed by atoms with Crippen LogP contribution in [-0.2, 0) is 0 Å². The second kappa shape index (κ2) is 7.16. The van der Waals surface area contributed by atoms with Crippen LogP contribution < -0.4 is 5.32 Å². The second-order valence-electron chi connectivity index (χ2n) is 7.66. The zero-order chi connectivity index (χ0) is 19.0. The number of aryl methyl sites for hydroxylation is 2. The standard InChI is InChI=1S/C22H26N4O/c1-14-9-10-17(19(27)12-14)21-18-8-4-6-15(2)20(18)22(25-24-21)23-16-7-5-11-26(3)13-16/h4,6,8-10,12,16,27H,5,7,11,13H2,1-3H3,(H,23,25)/t16-/m1/s1. The summed E-state index contributed by atoms with van der Waals surface area (Å²) < 4.78 is 0. The molecule has 1 aliphatic rings. The second-order valence-corrected chi connectivity index (χ2v) is 7.66. The maximum atomic E-state index is 10.4. The van der Waals surface area contributed by atoms with E-state index in [9.17, 15) is 5.11 Å². The van der Waals surface area contributed by atoms with E-state index in [2.05, 4.69) is 46.5 Å². The van der Waals surface area contributed by atoms with Gasteiger partial charge in [-0.2, -0.15) is 0 Å². The molecule has 2 heterocycles. The molecule has 1 atom stereocenters. The summed E-state index contributed by atoms with van der Waals surface area (Å²) in [6.07, 6.45) is 2.33. The van der Waals surface area contributed by atoms with Gasteiger partial charge in [0.1, 0.15) is 11.4 Å². The zero-order valence-electron chi connectivity index (χ0n) is 16.2. The number of likely N-dealkylation sites (N-methyl/N-ethyl adjacent to an activating group) is 1. The number of aromatic hydroxyl groups is 1. The van der Waals surface area contributed by atoms with Crippen molar-refractivity contribution >= 4 is 16.6 Å². The molecule has 0 spiro atoms. The molecule has 0 unspecified atom stereocenters. The minimum absolute atomic E-state index is 0.238. The molecule has 1 aliphatic heterocycles. The van der Waals surface area contributed by atoms with Gasteiger partial charge in [0.2, 0.25) is 0 Å². The van der Waals surface area contributed by atoms with E-state index in [1.807, 2.05) is 25.1 Å². The number of benzene rings is 2. The van der Waals surface area contributed by atoms with E-state index in [0.717, 1.165) is 52.9 Å². The number of hydrogen-bond acceptors (Lipinski definition) is 5. The summed E-state index contributed by atoms with van der Waals surface area (Å²) in [6.45, 7) is 6.22. The number of hydrogen-bond donors (Lipinski definition) is 2. The normalized spacial score (nSPS) is 18.0. The molecule has 0 saturated carbocycles. The maximum Gasteiger partial charge on any atom is 0.157 e. The Morgan fingerprint density at radius 2 is 2.00 bits per heavy atom. The van der Waals surface area contributed by atoms with Crippen molar-refractivity contribution < 1.29 is 5.11 Å². The van der Waals surface area contributed by atoms with Crippen LogP contribution in [-0.4, -0.2) is 46.4 Å². The summed E-state index contributed by atoms with van der Waals surface area (Å²) >= 11 is 0. The first-order valence-corrected chi connectivity index (χ1v) is 9.54. The van der Waals surface area contributed by atoms with Crippen molar-refractivity contribution in [2.75, 3.05) is 25.5 Å². The number of phenolic OH excluding ortho intramolecular Hbond substituents is 1. The highest BCUT2D eigenvalue weighted by atomic mass is 16.3. The molecule has 0 radical (unpaired) electrons. The Bertz CT molecular complexity index is 985. The predicted octanol–water partition coefficient (Wildman–Crippen LogP) is 4.13. The van der Waals surface area contributed by atoms with Gasteiger partial charge in [0.15, 0.2) is 5.82 Å². The van der Waals surface area contributed by atoms with Crippen molar-refractivity contribution in [3.63, 3.8) is 0 Å². The smallest absolute Gasteiger partial charge is 0.157 e. The minimum atomic E-state index is 0.238. The van der Waals surface area contributed by atoms with E-state index in [0.29, 0.717) is 11.6 Å². The highest BCUT2D eigenvalue weighted by Crippen LogP contribution is 2.36. The SMILES string of the molecule is Cc1ccc(-c2nnc(N[C@@H]3CCCN(C)C3)c3c(C)cccc23)c(O)c1. The van der Waals surface area contributed by atoms with E-state index in [1.54, 1.807) is 6.07 Å². The number of likely N-dealkylation sites (tertiary alicyclic amines) is 1. The van der Waals surface area contributed by atoms with E-state index in [4.69, 9.17) is 0 Å². The van der Waals surface area contributed by atoms with Gasteiger partial charge in [0, 0.05) is 28.9 Å². The van der Waals surface area contributed by atoms with Crippen molar-refractivity contribution in [1.29, 1.82) is 0 Å². The van der Waals surface area contributed by atoms with E-state index < -0.39 is 0 Å².